The van der Waals surface area contributed by atoms with E-state index in [4.69, 9.17) is 15.2 Å². The molecule has 1 aliphatic rings. The van der Waals surface area contributed by atoms with Crippen molar-refractivity contribution in [3.63, 3.8) is 0 Å². The van der Waals surface area contributed by atoms with Gasteiger partial charge in [-0.2, -0.15) is 0 Å². The number of ether oxygens (including phenoxy) is 2. The smallest absolute Gasteiger partial charge is 0.338 e. The highest BCUT2D eigenvalue weighted by Gasteiger charge is 2.48. The number of methoxy groups -OCH3 is 1. The topological polar surface area (TPSA) is 73.6 Å². The van der Waals surface area contributed by atoms with E-state index in [1.165, 1.54) is 0 Å². The molecule has 2 unspecified atom stereocenters. The van der Waals surface area contributed by atoms with Gasteiger partial charge in [0.1, 0.15) is 0 Å². The van der Waals surface area contributed by atoms with Gasteiger partial charge in [0.15, 0.2) is 0 Å². The van der Waals surface area contributed by atoms with Crippen LogP contribution >= 0.6 is 0 Å². The van der Waals surface area contributed by atoms with Gasteiger partial charge in [-0.05, 0) is 31.5 Å². The predicted molar refractivity (Wildman–Crippen MR) is 83.4 cm³/mol. The molecule has 0 aliphatic heterocycles. The molecule has 0 heterocycles. The number of nitrogens with two attached hydrogens (primary N) is 1. The van der Waals surface area contributed by atoms with Gasteiger partial charge in [0, 0.05) is 18.6 Å². The number of rotatable bonds is 5. The fourth-order valence-corrected chi connectivity index (χ4v) is 2.74. The van der Waals surface area contributed by atoms with Crippen molar-refractivity contribution in [3.05, 3.63) is 23.8 Å². The Morgan fingerprint density at radius 2 is 2.19 bits per heavy atom. The molecule has 5 heteroatoms. The zero-order chi connectivity index (χ0) is 15.6. The molecular weight excluding hydrogens is 268 g/mol. The van der Waals surface area contributed by atoms with Crippen molar-refractivity contribution in [1.82, 2.24) is 0 Å². The van der Waals surface area contributed by atoms with E-state index in [-0.39, 0.29) is 23.5 Å². The van der Waals surface area contributed by atoms with E-state index in [1.807, 2.05) is 0 Å². The lowest BCUT2D eigenvalue weighted by Gasteiger charge is -2.51. The normalized spacial score (nSPS) is 23.2. The van der Waals surface area contributed by atoms with Crippen LogP contribution in [0.5, 0.6) is 0 Å². The van der Waals surface area contributed by atoms with Crippen molar-refractivity contribution in [2.45, 2.75) is 39.3 Å². The minimum Gasteiger partial charge on any atom is -0.462 e. The molecule has 2 atom stereocenters. The molecule has 21 heavy (non-hydrogen) atoms. The molecule has 0 radical (unpaired) electrons. The van der Waals surface area contributed by atoms with Crippen LogP contribution in [0.1, 0.15) is 37.6 Å². The average Bonchev–Trinajstić information content (AvgIpc) is 2.44. The number of nitrogens with one attached hydrogen (secondary N) is 1. The van der Waals surface area contributed by atoms with Crippen molar-refractivity contribution in [3.8, 4) is 0 Å². The van der Waals surface area contributed by atoms with Crippen molar-refractivity contribution in [1.29, 1.82) is 0 Å². The number of anilines is 2. The largest absolute Gasteiger partial charge is 0.462 e. The number of nitrogen functional groups attached to an aromatic ring is 1. The van der Waals surface area contributed by atoms with Gasteiger partial charge in [-0.3, -0.25) is 0 Å². The summed E-state index contributed by atoms with van der Waals surface area (Å²) in [4.78, 5) is 11.8. The molecule has 0 spiro atoms. The highest BCUT2D eigenvalue weighted by atomic mass is 16.5. The summed E-state index contributed by atoms with van der Waals surface area (Å²) in [6.07, 6.45) is 1.16. The van der Waals surface area contributed by atoms with Gasteiger partial charge in [-0.15, -0.1) is 0 Å². The minimum atomic E-state index is -0.330. The van der Waals surface area contributed by atoms with Crippen LogP contribution < -0.4 is 11.1 Å². The van der Waals surface area contributed by atoms with E-state index in [2.05, 4.69) is 19.2 Å². The Kier molecular flexibility index (Phi) is 4.42. The molecule has 0 amide bonds. The van der Waals surface area contributed by atoms with Crippen LogP contribution in [-0.2, 0) is 9.47 Å². The fraction of sp³-hybridized carbons (Fsp3) is 0.562. The summed E-state index contributed by atoms with van der Waals surface area (Å²) < 4.78 is 10.5. The third-order valence-corrected chi connectivity index (χ3v) is 4.36. The van der Waals surface area contributed by atoms with E-state index in [0.717, 1.165) is 12.1 Å². The van der Waals surface area contributed by atoms with Crippen molar-refractivity contribution >= 4 is 17.3 Å². The Labute approximate surface area is 125 Å². The first-order valence-electron chi connectivity index (χ1n) is 7.26. The first-order valence-corrected chi connectivity index (χ1v) is 7.26. The summed E-state index contributed by atoms with van der Waals surface area (Å²) in [7, 11) is 1.73. The van der Waals surface area contributed by atoms with Gasteiger partial charge in [0.05, 0.1) is 29.6 Å². The summed E-state index contributed by atoms with van der Waals surface area (Å²) >= 11 is 0. The van der Waals surface area contributed by atoms with E-state index in [9.17, 15) is 4.79 Å². The molecule has 1 aliphatic carbocycles. The monoisotopic (exact) mass is 292 g/mol. The predicted octanol–water partition coefficient (Wildman–Crippen LogP) is 2.67. The zero-order valence-electron chi connectivity index (χ0n) is 13.1. The Balaban J connectivity index is 2.14. The van der Waals surface area contributed by atoms with Crippen molar-refractivity contribution in [2.75, 3.05) is 24.8 Å². The van der Waals surface area contributed by atoms with E-state index in [0.29, 0.717) is 17.9 Å². The Morgan fingerprint density at radius 3 is 2.76 bits per heavy atom. The van der Waals surface area contributed by atoms with Crippen LogP contribution in [0.25, 0.3) is 0 Å². The molecule has 3 N–H and O–H groups in total. The lowest BCUT2D eigenvalue weighted by atomic mass is 9.64. The molecule has 0 bridgehead atoms. The maximum Gasteiger partial charge on any atom is 0.338 e. The van der Waals surface area contributed by atoms with Crippen LogP contribution in [-0.4, -0.2) is 31.8 Å². The summed E-state index contributed by atoms with van der Waals surface area (Å²) in [6.45, 7) is 6.47. The maximum atomic E-state index is 11.8. The second-order valence-corrected chi connectivity index (χ2v) is 6.00. The quantitative estimate of drug-likeness (QED) is 0.645. The SMILES string of the molecule is CCOC(=O)c1ccc(N)c(NC2CC(OC)C2(C)C)c1. The van der Waals surface area contributed by atoms with Crippen molar-refractivity contribution in [2.24, 2.45) is 5.41 Å². The zero-order valence-corrected chi connectivity index (χ0v) is 13.1. The highest BCUT2D eigenvalue weighted by molar-refractivity contribution is 5.92. The molecule has 5 nitrogen and oxygen atoms in total. The molecule has 0 aromatic heterocycles. The summed E-state index contributed by atoms with van der Waals surface area (Å²) in [5.41, 5.74) is 7.93. The number of hydrogen-bond donors (Lipinski definition) is 2. The molecule has 1 fully saturated rings. The van der Waals surface area contributed by atoms with Crippen LogP contribution in [0.4, 0.5) is 11.4 Å². The molecule has 1 saturated carbocycles. The lowest BCUT2D eigenvalue weighted by Crippen LogP contribution is -2.57. The first-order chi connectivity index (χ1) is 9.90. The Hall–Kier alpha value is -1.75. The Morgan fingerprint density at radius 1 is 1.48 bits per heavy atom. The highest BCUT2D eigenvalue weighted by Crippen LogP contribution is 2.44. The number of benzene rings is 1. The first kappa shape index (κ1) is 15.6. The number of carbonyl (C=O) groups excluding carboxylic acids is 1. The Bertz CT molecular complexity index is 528. The van der Waals surface area contributed by atoms with Gasteiger partial charge in [-0.1, -0.05) is 13.8 Å². The van der Waals surface area contributed by atoms with Crippen molar-refractivity contribution < 1.29 is 14.3 Å². The number of hydrogen-bond acceptors (Lipinski definition) is 5. The molecule has 1 aromatic carbocycles. The van der Waals surface area contributed by atoms with Crippen LogP contribution in [0.15, 0.2) is 18.2 Å². The van der Waals surface area contributed by atoms with Crippen LogP contribution in [0.3, 0.4) is 0 Å². The summed E-state index contributed by atoms with van der Waals surface area (Å²) in [6, 6.07) is 5.43. The van der Waals surface area contributed by atoms with Gasteiger partial charge in [-0.25, -0.2) is 4.79 Å². The van der Waals surface area contributed by atoms with E-state index < -0.39 is 0 Å². The summed E-state index contributed by atoms with van der Waals surface area (Å²) in [5.74, 6) is -0.330. The van der Waals surface area contributed by atoms with Crippen LogP contribution in [0.2, 0.25) is 0 Å². The summed E-state index contributed by atoms with van der Waals surface area (Å²) in [5, 5.41) is 3.43. The molecule has 1 aromatic rings. The molecule has 116 valence electrons. The van der Waals surface area contributed by atoms with E-state index >= 15 is 0 Å². The second-order valence-electron chi connectivity index (χ2n) is 6.00. The third kappa shape index (κ3) is 2.97. The standard InChI is InChI=1S/C16H24N2O3/c1-5-21-15(19)10-6-7-11(17)12(8-10)18-13-9-14(20-4)16(13,2)3/h6-8,13-14,18H,5,9,17H2,1-4H3. The molecular formula is C16H24N2O3. The van der Waals surface area contributed by atoms with Gasteiger partial charge in [0.25, 0.3) is 0 Å². The number of esters is 1. The van der Waals surface area contributed by atoms with Gasteiger partial charge < -0.3 is 20.5 Å². The second kappa shape index (κ2) is 5.93. The van der Waals surface area contributed by atoms with Crippen LogP contribution in [0, 0.1) is 5.41 Å². The number of carbonyl (C=O) groups is 1. The van der Waals surface area contributed by atoms with Gasteiger partial charge in [0.2, 0.25) is 0 Å². The minimum absolute atomic E-state index is 0.0289. The average molecular weight is 292 g/mol. The lowest BCUT2D eigenvalue weighted by molar-refractivity contribution is -0.0794. The molecule has 0 saturated heterocycles. The molecule has 2 rings (SSSR count). The van der Waals surface area contributed by atoms with E-state index in [1.54, 1.807) is 32.2 Å². The van der Waals surface area contributed by atoms with Gasteiger partial charge >= 0.3 is 5.97 Å². The third-order valence-electron chi connectivity index (χ3n) is 4.36. The maximum absolute atomic E-state index is 11.8. The fourth-order valence-electron chi connectivity index (χ4n) is 2.74.